The van der Waals surface area contributed by atoms with Crippen molar-refractivity contribution in [1.29, 1.82) is 0 Å². The van der Waals surface area contributed by atoms with Crippen LogP contribution in [0.4, 0.5) is 5.69 Å². The molecule has 0 bridgehead atoms. The number of benzene rings is 2. The number of nitrogens with one attached hydrogen (secondary N) is 1. The molecular formula is C24H30N4O4S. The molecule has 9 heteroatoms. The van der Waals surface area contributed by atoms with Crippen molar-refractivity contribution >= 4 is 27.5 Å². The molecule has 2 aromatic carbocycles. The zero-order chi connectivity index (χ0) is 23.4. The molecule has 0 radical (unpaired) electrons. The molecule has 4 rings (SSSR count). The van der Waals surface area contributed by atoms with Gasteiger partial charge < -0.3 is 15.8 Å². The van der Waals surface area contributed by atoms with E-state index in [1.54, 1.807) is 6.07 Å². The highest BCUT2D eigenvalue weighted by Crippen LogP contribution is 2.32. The first-order valence-corrected chi connectivity index (χ1v) is 12.8. The summed E-state index contributed by atoms with van der Waals surface area (Å²) in [5.74, 6) is 0.532. The molecular weight excluding hydrogens is 440 g/mol. The highest BCUT2D eigenvalue weighted by atomic mass is 32.2. The SMILES string of the molecule is CC(=O)Nc1cc(CCCOc2cccc(CN3CCCCC3)c2)c2c(c1)S(=O)(=O)N=C2N. The van der Waals surface area contributed by atoms with Crippen LogP contribution in [0.2, 0.25) is 0 Å². The minimum Gasteiger partial charge on any atom is -0.494 e. The van der Waals surface area contributed by atoms with Crippen LogP contribution >= 0.6 is 0 Å². The van der Waals surface area contributed by atoms with Gasteiger partial charge in [-0.05, 0) is 74.2 Å². The Balaban J connectivity index is 1.40. The third kappa shape index (κ3) is 5.72. The number of hydrogen-bond acceptors (Lipinski definition) is 6. The number of piperidine rings is 1. The number of nitrogens with zero attached hydrogens (tertiary/aromatic N) is 2. The molecule has 3 N–H and O–H groups in total. The van der Waals surface area contributed by atoms with E-state index in [-0.39, 0.29) is 16.6 Å². The second-order valence-electron chi connectivity index (χ2n) is 8.58. The summed E-state index contributed by atoms with van der Waals surface area (Å²) in [4.78, 5) is 14.0. The van der Waals surface area contributed by atoms with Gasteiger partial charge in [0.2, 0.25) is 5.91 Å². The Kier molecular flexibility index (Phi) is 6.99. The molecule has 0 atom stereocenters. The molecule has 2 aromatic rings. The number of anilines is 1. The average Bonchev–Trinajstić information content (AvgIpc) is 3.00. The molecule has 176 valence electrons. The molecule has 2 aliphatic rings. The van der Waals surface area contributed by atoms with E-state index in [4.69, 9.17) is 10.5 Å². The molecule has 0 saturated carbocycles. The predicted octanol–water partition coefficient (Wildman–Crippen LogP) is 3.05. The number of carbonyl (C=O) groups excluding carboxylic acids is 1. The van der Waals surface area contributed by atoms with Crippen molar-refractivity contribution in [2.24, 2.45) is 10.1 Å². The number of likely N-dealkylation sites (tertiary alicyclic amines) is 1. The van der Waals surface area contributed by atoms with Crippen molar-refractivity contribution in [3.8, 4) is 5.75 Å². The minimum absolute atomic E-state index is 0.0132. The first-order valence-electron chi connectivity index (χ1n) is 11.3. The summed E-state index contributed by atoms with van der Waals surface area (Å²) in [5, 5.41) is 2.65. The zero-order valence-corrected chi connectivity index (χ0v) is 19.7. The highest BCUT2D eigenvalue weighted by Gasteiger charge is 2.30. The Morgan fingerprint density at radius 2 is 1.97 bits per heavy atom. The van der Waals surface area contributed by atoms with Crippen LogP contribution in [0.25, 0.3) is 0 Å². The van der Waals surface area contributed by atoms with Crippen molar-refractivity contribution in [3.63, 3.8) is 0 Å². The van der Waals surface area contributed by atoms with Gasteiger partial charge in [-0.25, -0.2) is 0 Å². The maximum atomic E-state index is 12.3. The third-order valence-corrected chi connectivity index (χ3v) is 7.18. The van der Waals surface area contributed by atoms with E-state index in [0.29, 0.717) is 30.7 Å². The van der Waals surface area contributed by atoms with Gasteiger partial charge in [-0.1, -0.05) is 18.6 Å². The molecule has 1 fully saturated rings. The number of amides is 1. The Hall–Kier alpha value is -2.91. The van der Waals surface area contributed by atoms with Gasteiger partial charge in [0.05, 0.1) is 6.61 Å². The Labute approximate surface area is 194 Å². The second kappa shape index (κ2) is 9.93. The van der Waals surface area contributed by atoms with Gasteiger partial charge in [0.15, 0.2) is 0 Å². The van der Waals surface area contributed by atoms with E-state index in [1.807, 2.05) is 12.1 Å². The molecule has 0 aromatic heterocycles. The maximum absolute atomic E-state index is 12.3. The highest BCUT2D eigenvalue weighted by molar-refractivity contribution is 7.90. The van der Waals surface area contributed by atoms with Crippen molar-refractivity contribution < 1.29 is 17.9 Å². The normalized spacial score (nSPS) is 17.3. The van der Waals surface area contributed by atoms with Gasteiger partial charge in [-0.15, -0.1) is 4.40 Å². The predicted molar refractivity (Wildman–Crippen MR) is 128 cm³/mol. The largest absolute Gasteiger partial charge is 0.494 e. The molecule has 0 aliphatic carbocycles. The third-order valence-electron chi connectivity index (χ3n) is 5.87. The minimum atomic E-state index is -3.85. The number of sulfonamides is 1. The van der Waals surface area contributed by atoms with Crippen LogP contribution in [0.5, 0.6) is 5.75 Å². The summed E-state index contributed by atoms with van der Waals surface area (Å²) in [6.45, 7) is 5.08. The van der Waals surface area contributed by atoms with Crippen LogP contribution in [-0.2, 0) is 27.8 Å². The average molecular weight is 471 g/mol. The molecule has 0 spiro atoms. The van der Waals surface area contributed by atoms with E-state index >= 15 is 0 Å². The molecule has 2 aliphatic heterocycles. The molecule has 0 unspecified atom stereocenters. The fourth-order valence-corrected chi connectivity index (χ4v) is 5.64. The lowest BCUT2D eigenvalue weighted by atomic mass is 10.0. The topological polar surface area (TPSA) is 114 Å². The van der Waals surface area contributed by atoms with E-state index in [0.717, 1.165) is 30.9 Å². The van der Waals surface area contributed by atoms with Crippen molar-refractivity contribution in [1.82, 2.24) is 4.90 Å². The van der Waals surface area contributed by atoms with Crippen LogP contribution in [0.1, 0.15) is 49.3 Å². The standard InChI is InChI=1S/C24H30N4O4S/c1-17(29)26-20-14-19(23-22(15-20)33(30,31)27-24(23)25)8-6-12-32-21-9-5-7-18(13-21)16-28-10-3-2-4-11-28/h5,7,9,13-15H,2-4,6,8,10-12,16H2,1H3,(H2,25,27)(H,26,29). The van der Waals surface area contributed by atoms with E-state index in [1.165, 1.54) is 37.8 Å². The lowest BCUT2D eigenvalue weighted by Crippen LogP contribution is -2.29. The van der Waals surface area contributed by atoms with Gasteiger partial charge in [0.1, 0.15) is 16.5 Å². The van der Waals surface area contributed by atoms with E-state index in [2.05, 4.69) is 26.7 Å². The van der Waals surface area contributed by atoms with Gasteiger partial charge in [0.25, 0.3) is 10.0 Å². The summed E-state index contributed by atoms with van der Waals surface area (Å²) < 4.78 is 34.3. The molecule has 2 heterocycles. The molecule has 33 heavy (non-hydrogen) atoms. The fourth-order valence-electron chi connectivity index (χ4n) is 4.43. The van der Waals surface area contributed by atoms with E-state index in [9.17, 15) is 13.2 Å². The van der Waals surface area contributed by atoms with Crippen LogP contribution in [0.3, 0.4) is 0 Å². The Bertz CT molecular complexity index is 1170. The van der Waals surface area contributed by atoms with Gasteiger partial charge in [-0.2, -0.15) is 8.42 Å². The van der Waals surface area contributed by atoms with Crippen LogP contribution in [0, 0.1) is 0 Å². The summed E-state index contributed by atoms with van der Waals surface area (Å²) in [5.41, 5.74) is 8.71. The number of rotatable bonds is 8. The lowest BCUT2D eigenvalue weighted by Gasteiger charge is -2.26. The van der Waals surface area contributed by atoms with E-state index < -0.39 is 10.0 Å². The van der Waals surface area contributed by atoms with Crippen molar-refractivity contribution in [2.75, 3.05) is 25.0 Å². The smallest absolute Gasteiger partial charge is 0.285 e. The van der Waals surface area contributed by atoms with Gasteiger partial charge in [0, 0.05) is 24.7 Å². The Morgan fingerprint density at radius 1 is 1.18 bits per heavy atom. The fraction of sp³-hybridized carbons (Fsp3) is 0.417. The number of hydrogen-bond donors (Lipinski definition) is 2. The number of carbonyl (C=O) groups is 1. The summed E-state index contributed by atoms with van der Waals surface area (Å²) >= 11 is 0. The van der Waals surface area contributed by atoms with Gasteiger partial charge >= 0.3 is 0 Å². The second-order valence-corrected chi connectivity index (χ2v) is 10.2. The number of amidine groups is 1. The summed E-state index contributed by atoms with van der Waals surface area (Å²) in [6.07, 6.45) is 5.04. The quantitative estimate of drug-likeness (QED) is 0.573. The van der Waals surface area contributed by atoms with Crippen LogP contribution < -0.4 is 15.8 Å². The summed E-state index contributed by atoms with van der Waals surface area (Å²) in [7, 11) is -3.85. The van der Waals surface area contributed by atoms with Crippen LogP contribution in [-0.4, -0.2) is 44.8 Å². The van der Waals surface area contributed by atoms with Gasteiger partial charge in [-0.3, -0.25) is 9.69 Å². The molecule has 8 nitrogen and oxygen atoms in total. The van der Waals surface area contributed by atoms with Crippen LogP contribution in [0.15, 0.2) is 45.7 Å². The molecule has 1 amide bonds. The first-order chi connectivity index (χ1) is 15.8. The monoisotopic (exact) mass is 470 g/mol. The number of aryl methyl sites for hydroxylation is 1. The zero-order valence-electron chi connectivity index (χ0n) is 18.8. The Morgan fingerprint density at radius 3 is 2.73 bits per heavy atom. The maximum Gasteiger partial charge on any atom is 0.285 e. The molecule has 1 saturated heterocycles. The number of ether oxygens (including phenoxy) is 1. The van der Waals surface area contributed by atoms with Crippen molar-refractivity contribution in [2.45, 2.75) is 50.5 Å². The number of fused-ring (bicyclic) bond motifs is 1. The summed E-state index contributed by atoms with van der Waals surface area (Å²) in [6, 6.07) is 11.3. The number of nitrogens with two attached hydrogens (primary N) is 1. The van der Waals surface area contributed by atoms with Crippen molar-refractivity contribution in [3.05, 3.63) is 53.1 Å². The lowest BCUT2D eigenvalue weighted by molar-refractivity contribution is -0.114. The first kappa shape index (κ1) is 23.3.